The van der Waals surface area contributed by atoms with Crippen LogP contribution in [0, 0.1) is 11.2 Å². The van der Waals surface area contributed by atoms with Crippen molar-refractivity contribution in [3.8, 4) is 0 Å². The maximum atomic E-state index is 12.8. The maximum absolute atomic E-state index is 12.8. The van der Waals surface area contributed by atoms with E-state index in [9.17, 15) is 9.18 Å². The summed E-state index contributed by atoms with van der Waals surface area (Å²) in [6.45, 7) is 3.93. The Morgan fingerprint density at radius 1 is 1.21 bits per heavy atom. The average Bonchev–Trinajstić information content (AvgIpc) is 2.39. The molecular formula is C15H19FN2O. The molecule has 1 aromatic rings. The van der Waals surface area contributed by atoms with Gasteiger partial charge in [0.1, 0.15) is 5.82 Å². The topological polar surface area (TPSA) is 32.3 Å². The summed E-state index contributed by atoms with van der Waals surface area (Å²) in [7, 11) is 0. The van der Waals surface area contributed by atoms with E-state index in [4.69, 9.17) is 0 Å². The fourth-order valence-corrected chi connectivity index (χ4v) is 3.10. The van der Waals surface area contributed by atoms with E-state index in [0.717, 1.165) is 31.7 Å². The van der Waals surface area contributed by atoms with Crippen molar-refractivity contribution in [2.45, 2.75) is 19.3 Å². The highest BCUT2D eigenvalue weighted by molar-refractivity contribution is 5.79. The molecule has 2 heterocycles. The Morgan fingerprint density at radius 3 is 2.47 bits per heavy atom. The molecule has 0 radical (unpaired) electrons. The highest BCUT2D eigenvalue weighted by Crippen LogP contribution is 2.38. The summed E-state index contributed by atoms with van der Waals surface area (Å²) in [5.74, 6) is -0.0930. The molecule has 1 amide bonds. The molecule has 4 heteroatoms. The van der Waals surface area contributed by atoms with E-state index >= 15 is 0 Å². The molecule has 0 bridgehead atoms. The lowest BCUT2D eigenvalue weighted by molar-refractivity contribution is -0.144. The van der Waals surface area contributed by atoms with Crippen molar-refractivity contribution in [1.29, 1.82) is 0 Å². The second kappa shape index (κ2) is 4.93. The van der Waals surface area contributed by atoms with Crippen LogP contribution in [0.4, 0.5) is 4.39 Å². The van der Waals surface area contributed by atoms with Crippen LogP contribution in [-0.4, -0.2) is 37.0 Å². The minimum Gasteiger partial charge on any atom is -0.341 e. The molecule has 1 aromatic carbocycles. The molecule has 2 fully saturated rings. The molecule has 0 atom stereocenters. The van der Waals surface area contributed by atoms with Crippen LogP contribution in [0.3, 0.4) is 0 Å². The third-order valence-electron chi connectivity index (χ3n) is 4.34. The smallest absolute Gasteiger partial charge is 0.227 e. The molecule has 0 unspecified atom stereocenters. The molecular weight excluding hydrogens is 243 g/mol. The van der Waals surface area contributed by atoms with Crippen LogP contribution < -0.4 is 5.32 Å². The normalized spacial score (nSPS) is 21.2. The van der Waals surface area contributed by atoms with Gasteiger partial charge in [0.15, 0.2) is 0 Å². The fraction of sp³-hybridized carbons (Fsp3) is 0.533. The van der Waals surface area contributed by atoms with Crippen LogP contribution in [0.25, 0.3) is 0 Å². The van der Waals surface area contributed by atoms with Gasteiger partial charge in [0.2, 0.25) is 5.91 Å². The summed E-state index contributed by atoms with van der Waals surface area (Å²) in [4.78, 5) is 14.1. The molecule has 0 aliphatic carbocycles. The van der Waals surface area contributed by atoms with Gasteiger partial charge in [0.25, 0.3) is 0 Å². The number of hydrogen-bond donors (Lipinski definition) is 1. The molecule has 19 heavy (non-hydrogen) atoms. The Kier molecular flexibility index (Phi) is 3.27. The van der Waals surface area contributed by atoms with Gasteiger partial charge in [-0.15, -0.1) is 0 Å². The number of nitrogens with zero attached hydrogens (tertiary/aromatic N) is 1. The highest BCUT2D eigenvalue weighted by Gasteiger charge is 2.45. The number of piperidine rings is 1. The number of carbonyl (C=O) groups is 1. The zero-order valence-corrected chi connectivity index (χ0v) is 11.0. The summed E-state index contributed by atoms with van der Waals surface area (Å²) >= 11 is 0. The predicted octanol–water partition coefficient (Wildman–Crippen LogP) is 1.58. The molecule has 2 saturated heterocycles. The van der Waals surface area contributed by atoms with E-state index in [1.54, 1.807) is 12.1 Å². The summed E-state index contributed by atoms with van der Waals surface area (Å²) in [6, 6.07) is 6.20. The summed E-state index contributed by atoms with van der Waals surface area (Å²) in [5, 5.41) is 3.36. The predicted molar refractivity (Wildman–Crippen MR) is 71.2 cm³/mol. The number of rotatable bonds is 2. The van der Waals surface area contributed by atoms with E-state index in [1.165, 1.54) is 25.0 Å². The monoisotopic (exact) mass is 262 g/mol. The van der Waals surface area contributed by atoms with Gasteiger partial charge in [-0.1, -0.05) is 12.1 Å². The molecule has 2 aliphatic heterocycles. The standard InChI is InChI=1S/C15H19FN2O/c16-13-3-1-12(2-4-13)9-14(19)18-10-15(11-18)5-7-17-8-6-15/h1-4,17H,5-11H2. The van der Waals surface area contributed by atoms with E-state index in [-0.39, 0.29) is 11.7 Å². The lowest BCUT2D eigenvalue weighted by atomic mass is 9.72. The van der Waals surface area contributed by atoms with Crippen LogP contribution >= 0.6 is 0 Å². The summed E-state index contributed by atoms with van der Waals surface area (Å²) < 4.78 is 12.8. The largest absolute Gasteiger partial charge is 0.341 e. The SMILES string of the molecule is O=C(Cc1ccc(F)cc1)N1CC2(CCNCC2)C1. The van der Waals surface area contributed by atoms with Gasteiger partial charge in [-0.2, -0.15) is 0 Å². The Balaban J connectivity index is 1.54. The molecule has 1 N–H and O–H groups in total. The fourth-order valence-electron chi connectivity index (χ4n) is 3.10. The third-order valence-corrected chi connectivity index (χ3v) is 4.34. The minimum atomic E-state index is -0.256. The molecule has 3 nitrogen and oxygen atoms in total. The van der Waals surface area contributed by atoms with Crippen molar-refractivity contribution >= 4 is 5.91 Å². The summed E-state index contributed by atoms with van der Waals surface area (Å²) in [6.07, 6.45) is 2.73. The second-order valence-corrected chi connectivity index (χ2v) is 5.80. The van der Waals surface area contributed by atoms with E-state index in [0.29, 0.717) is 11.8 Å². The molecule has 1 spiro atoms. The van der Waals surface area contributed by atoms with Crippen molar-refractivity contribution in [3.63, 3.8) is 0 Å². The number of carbonyl (C=O) groups excluding carboxylic acids is 1. The van der Waals surface area contributed by atoms with Gasteiger partial charge in [-0.25, -0.2) is 4.39 Å². The van der Waals surface area contributed by atoms with E-state index < -0.39 is 0 Å². The Hall–Kier alpha value is -1.42. The van der Waals surface area contributed by atoms with Crippen LogP contribution in [0.5, 0.6) is 0 Å². The van der Waals surface area contributed by atoms with Gasteiger partial charge in [-0.05, 0) is 43.6 Å². The van der Waals surface area contributed by atoms with Crippen molar-refractivity contribution < 1.29 is 9.18 Å². The average molecular weight is 262 g/mol. The number of likely N-dealkylation sites (tertiary alicyclic amines) is 1. The van der Waals surface area contributed by atoms with Gasteiger partial charge >= 0.3 is 0 Å². The molecule has 0 aromatic heterocycles. The first-order chi connectivity index (χ1) is 9.17. The zero-order chi connectivity index (χ0) is 13.3. The van der Waals surface area contributed by atoms with Crippen molar-refractivity contribution in [1.82, 2.24) is 10.2 Å². The highest BCUT2D eigenvalue weighted by atomic mass is 19.1. The van der Waals surface area contributed by atoms with Gasteiger partial charge in [0, 0.05) is 18.5 Å². The van der Waals surface area contributed by atoms with Crippen LogP contribution in [0.1, 0.15) is 18.4 Å². The number of halogens is 1. The van der Waals surface area contributed by atoms with E-state index in [2.05, 4.69) is 5.32 Å². The Labute approximate surface area is 112 Å². The first-order valence-corrected chi connectivity index (χ1v) is 6.90. The maximum Gasteiger partial charge on any atom is 0.227 e. The molecule has 0 saturated carbocycles. The van der Waals surface area contributed by atoms with Crippen LogP contribution in [0.15, 0.2) is 24.3 Å². The number of hydrogen-bond acceptors (Lipinski definition) is 2. The molecule has 3 rings (SSSR count). The van der Waals surface area contributed by atoms with Gasteiger partial charge < -0.3 is 10.2 Å². The Morgan fingerprint density at radius 2 is 1.84 bits per heavy atom. The lowest BCUT2D eigenvalue weighted by Gasteiger charge is -2.52. The minimum absolute atomic E-state index is 0.163. The Bertz CT molecular complexity index is 458. The number of nitrogens with one attached hydrogen (secondary N) is 1. The third kappa shape index (κ3) is 2.63. The second-order valence-electron chi connectivity index (χ2n) is 5.80. The quantitative estimate of drug-likeness (QED) is 0.877. The van der Waals surface area contributed by atoms with Gasteiger partial charge in [0.05, 0.1) is 6.42 Å². The zero-order valence-electron chi connectivity index (χ0n) is 11.0. The number of amides is 1. The molecule has 2 aliphatic rings. The van der Waals surface area contributed by atoms with Crippen molar-refractivity contribution in [2.75, 3.05) is 26.2 Å². The van der Waals surface area contributed by atoms with Crippen molar-refractivity contribution in [3.05, 3.63) is 35.6 Å². The first-order valence-electron chi connectivity index (χ1n) is 6.90. The lowest BCUT2D eigenvalue weighted by Crippen LogP contribution is -2.61. The van der Waals surface area contributed by atoms with Crippen LogP contribution in [-0.2, 0) is 11.2 Å². The van der Waals surface area contributed by atoms with Crippen molar-refractivity contribution in [2.24, 2.45) is 5.41 Å². The number of benzene rings is 1. The first kappa shape index (κ1) is 12.6. The van der Waals surface area contributed by atoms with Gasteiger partial charge in [-0.3, -0.25) is 4.79 Å². The summed E-state index contributed by atoms with van der Waals surface area (Å²) in [5.41, 5.74) is 1.27. The van der Waals surface area contributed by atoms with Crippen LogP contribution in [0.2, 0.25) is 0 Å². The van der Waals surface area contributed by atoms with E-state index in [1.807, 2.05) is 4.90 Å². The molecule has 102 valence electrons.